The number of nitrogens with zero attached hydrogens (tertiary/aromatic N) is 2. The van der Waals surface area contributed by atoms with E-state index >= 15 is 0 Å². The summed E-state index contributed by atoms with van der Waals surface area (Å²) in [6.07, 6.45) is 1.64. The second-order valence-electron chi connectivity index (χ2n) is 8.29. The summed E-state index contributed by atoms with van der Waals surface area (Å²) in [5, 5.41) is 2.77. The maximum Gasteiger partial charge on any atom is 0.242 e. The summed E-state index contributed by atoms with van der Waals surface area (Å²) in [6, 6.07) is 14.4. The van der Waals surface area contributed by atoms with E-state index in [9.17, 15) is 18.0 Å². The van der Waals surface area contributed by atoms with Gasteiger partial charge in [-0.15, -0.1) is 0 Å². The normalized spacial score (nSPS) is 12.2. The molecule has 0 heterocycles. The molecule has 2 rings (SSSR count). The zero-order chi connectivity index (χ0) is 24.6. The van der Waals surface area contributed by atoms with Gasteiger partial charge in [0.15, 0.2) is 0 Å². The van der Waals surface area contributed by atoms with Gasteiger partial charge >= 0.3 is 0 Å². The van der Waals surface area contributed by atoms with Crippen molar-refractivity contribution in [1.29, 1.82) is 0 Å². The second kappa shape index (κ2) is 11.8. The van der Waals surface area contributed by atoms with Gasteiger partial charge in [0.1, 0.15) is 6.04 Å². The molecule has 2 amide bonds. The number of carbonyl (C=O) groups is 2. The summed E-state index contributed by atoms with van der Waals surface area (Å²) < 4.78 is 26.2. The van der Waals surface area contributed by atoms with Crippen molar-refractivity contribution in [3.63, 3.8) is 0 Å². The van der Waals surface area contributed by atoms with Crippen molar-refractivity contribution in [3.05, 3.63) is 65.2 Å². The van der Waals surface area contributed by atoms with E-state index in [1.165, 1.54) is 10.6 Å². The van der Waals surface area contributed by atoms with Gasteiger partial charge in [0.25, 0.3) is 0 Å². The zero-order valence-electron chi connectivity index (χ0n) is 20.2. The van der Waals surface area contributed by atoms with Crippen molar-refractivity contribution >= 4 is 27.5 Å². The predicted octanol–water partition coefficient (Wildman–Crippen LogP) is 3.40. The van der Waals surface area contributed by atoms with Gasteiger partial charge in [-0.1, -0.05) is 36.4 Å². The van der Waals surface area contributed by atoms with Crippen molar-refractivity contribution in [3.8, 4) is 0 Å². The number of carbonyl (C=O) groups excluding carboxylic acids is 2. The van der Waals surface area contributed by atoms with Crippen molar-refractivity contribution < 1.29 is 18.0 Å². The summed E-state index contributed by atoms with van der Waals surface area (Å²) in [4.78, 5) is 27.1. The van der Waals surface area contributed by atoms with Gasteiger partial charge in [-0.2, -0.15) is 0 Å². The fourth-order valence-electron chi connectivity index (χ4n) is 3.57. The molecule has 8 heteroatoms. The van der Waals surface area contributed by atoms with Crippen molar-refractivity contribution in [2.75, 3.05) is 23.7 Å². The van der Waals surface area contributed by atoms with Crippen molar-refractivity contribution in [1.82, 2.24) is 10.2 Å². The largest absolute Gasteiger partial charge is 0.355 e. The molecule has 0 aliphatic rings. The molecule has 180 valence electrons. The first-order valence-electron chi connectivity index (χ1n) is 11.2. The molecule has 0 saturated heterocycles. The summed E-state index contributed by atoms with van der Waals surface area (Å²) in [5.74, 6) is -0.402. The summed E-state index contributed by atoms with van der Waals surface area (Å²) in [5.41, 5.74) is 3.60. The highest BCUT2D eigenvalue weighted by Gasteiger charge is 2.26. The quantitative estimate of drug-likeness (QED) is 0.542. The number of sulfonamides is 1. The van der Waals surface area contributed by atoms with Crippen LogP contribution in [0.4, 0.5) is 5.69 Å². The van der Waals surface area contributed by atoms with Crippen molar-refractivity contribution in [2.45, 2.75) is 53.1 Å². The number of aryl methyl sites for hydroxylation is 2. The standard InChI is InChI=1S/C25H35N3O4S/c1-6-26-25(30)21(4)27(18-22-11-8-7-9-12-22)24(29)13-10-16-28(33(5,31)32)23-15-14-19(2)20(3)17-23/h7-9,11-12,14-15,17,21H,6,10,13,16,18H2,1-5H3,(H,26,30). The molecule has 1 unspecified atom stereocenters. The van der Waals surface area contributed by atoms with Crippen LogP contribution in [0.5, 0.6) is 0 Å². The predicted molar refractivity (Wildman–Crippen MR) is 132 cm³/mol. The fourth-order valence-corrected chi connectivity index (χ4v) is 4.53. The van der Waals surface area contributed by atoms with Crippen molar-refractivity contribution in [2.24, 2.45) is 0 Å². The second-order valence-corrected chi connectivity index (χ2v) is 10.2. The van der Waals surface area contributed by atoms with Gasteiger partial charge in [-0.25, -0.2) is 8.42 Å². The van der Waals surface area contributed by atoms with Gasteiger partial charge in [-0.3, -0.25) is 13.9 Å². The first kappa shape index (κ1) is 26.4. The highest BCUT2D eigenvalue weighted by molar-refractivity contribution is 7.92. The lowest BCUT2D eigenvalue weighted by molar-refractivity contribution is -0.140. The Balaban J connectivity index is 2.14. The Bertz CT molecular complexity index is 1050. The number of hydrogen-bond acceptors (Lipinski definition) is 4. The van der Waals surface area contributed by atoms with E-state index in [4.69, 9.17) is 0 Å². The topological polar surface area (TPSA) is 86.8 Å². The molecule has 0 saturated carbocycles. The van der Waals surface area contributed by atoms with E-state index in [1.807, 2.05) is 63.2 Å². The van der Waals surface area contributed by atoms with Crippen LogP contribution in [0.3, 0.4) is 0 Å². The number of nitrogens with one attached hydrogen (secondary N) is 1. The average Bonchev–Trinajstić information content (AvgIpc) is 2.76. The molecule has 33 heavy (non-hydrogen) atoms. The third kappa shape index (κ3) is 7.60. The number of benzene rings is 2. The summed E-state index contributed by atoms with van der Waals surface area (Å²) in [7, 11) is -3.51. The molecular weight excluding hydrogens is 438 g/mol. The molecule has 7 nitrogen and oxygen atoms in total. The van der Waals surface area contributed by atoms with Gasteiger partial charge in [-0.05, 0) is 62.9 Å². The molecule has 0 aliphatic heterocycles. The van der Waals surface area contributed by atoms with Gasteiger partial charge in [0, 0.05) is 26.1 Å². The Hall–Kier alpha value is -2.87. The lowest BCUT2D eigenvalue weighted by Gasteiger charge is -2.29. The molecule has 0 bridgehead atoms. The van der Waals surface area contributed by atoms with Crippen LogP contribution in [0.15, 0.2) is 48.5 Å². The zero-order valence-corrected chi connectivity index (χ0v) is 21.0. The number of hydrogen-bond donors (Lipinski definition) is 1. The molecule has 0 fully saturated rings. The molecule has 0 spiro atoms. The van der Waals surface area contributed by atoms with E-state index < -0.39 is 16.1 Å². The molecule has 0 aromatic heterocycles. The van der Waals surface area contributed by atoms with E-state index in [-0.39, 0.29) is 24.8 Å². The highest BCUT2D eigenvalue weighted by Crippen LogP contribution is 2.22. The number of rotatable bonds is 11. The minimum Gasteiger partial charge on any atom is -0.355 e. The number of anilines is 1. The SMILES string of the molecule is CCNC(=O)C(C)N(Cc1ccccc1)C(=O)CCCN(c1ccc(C)c(C)c1)S(C)(=O)=O. The van der Waals surface area contributed by atoms with Crippen LogP contribution >= 0.6 is 0 Å². The molecule has 1 N–H and O–H groups in total. The van der Waals surface area contributed by atoms with Crippen LogP contribution in [-0.2, 0) is 26.2 Å². The Morgan fingerprint density at radius 3 is 2.27 bits per heavy atom. The third-order valence-electron chi connectivity index (χ3n) is 5.64. The Morgan fingerprint density at radius 1 is 1.03 bits per heavy atom. The van der Waals surface area contributed by atoms with E-state index in [1.54, 1.807) is 17.9 Å². The molecule has 0 aliphatic carbocycles. The van der Waals surface area contributed by atoms with Crippen LogP contribution in [0.1, 0.15) is 43.4 Å². The molecule has 1 atom stereocenters. The first-order valence-corrected chi connectivity index (χ1v) is 13.1. The summed E-state index contributed by atoms with van der Waals surface area (Å²) in [6.45, 7) is 8.43. The number of likely N-dealkylation sites (N-methyl/N-ethyl adjacent to an activating group) is 1. The third-order valence-corrected chi connectivity index (χ3v) is 6.84. The van der Waals surface area contributed by atoms with Gasteiger partial charge in [0.05, 0.1) is 11.9 Å². The average molecular weight is 474 g/mol. The van der Waals surface area contributed by atoms with Gasteiger partial charge in [0.2, 0.25) is 21.8 Å². The maximum absolute atomic E-state index is 13.1. The minimum atomic E-state index is -3.51. The summed E-state index contributed by atoms with van der Waals surface area (Å²) >= 11 is 0. The lowest BCUT2D eigenvalue weighted by Crippen LogP contribution is -2.47. The van der Waals surface area contributed by atoms with E-state index in [2.05, 4.69) is 5.32 Å². The smallest absolute Gasteiger partial charge is 0.242 e. The van der Waals surface area contributed by atoms with Crippen LogP contribution in [-0.4, -0.2) is 50.5 Å². The van der Waals surface area contributed by atoms with Crippen LogP contribution in [0.25, 0.3) is 0 Å². The minimum absolute atomic E-state index is 0.132. The molecular formula is C25H35N3O4S. The first-order chi connectivity index (χ1) is 15.5. The van der Waals surface area contributed by atoms with Crippen LogP contribution in [0.2, 0.25) is 0 Å². The van der Waals surface area contributed by atoms with E-state index in [0.717, 1.165) is 16.7 Å². The molecule has 2 aromatic carbocycles. The Morgan fingerprint density at radius 2 is 1.70 bits per heavy atom. The highest BCUT2D eigenvalue weighted by atomic mass is 32.2. The van der Waals surface area contributed by atoms with Crippen LogP contribution in [0, 0.1) is 13.8 Å². The lowest BCUT2D eigenvalue weighted by atomic mass is 10.1. The molecule has 0 radical (unpaired) electrons. The monoisotopic (exact) mass is 473 g/mol. The maximum atomic E-state index is 13.1. The molecule has 2 aromatic rings. The van der Waals surface area contributed by atoms with Gasteiger partial charge < -0.3 is 10.2 Å². The fraction of sp³-hybridized carbons (Fsp3) is 0.440. The Labute approximate surface area is 197 Å². The Kier molecular flexibility index (Phi) is 9.46. The van der Waals surface area contributed by atoms with E-state index in [0.29, 0.717) is 25.2 Å². The number of amides is 2. The van der Waals surface area contributed by atoms with Crippen LogP contribution < -0.4 is 9.62 Å².